The fourth-order valence-corrected chi connectivity index (χ4v) is 2.64. The van der Waals surface area contributed by atoms with Crippen molar-refractivity contribution in [3.05, 3.63) is 53.6 Å². The standard InChI is InChI=1S/C23H31NO5/c1-17(2)11-12-28-21-10-9-18(15-22(21)27-4)16-24-23(25)19-7-5-6-8-20(19)29-14-13-26-3/h5-10,15,17H,11-14,16H2,1-4H3,(H,24,25). The van der Waals surface area contributed by atoms with Crippen LogP contribution in [-0.4, -0.2) is 39.9 Å². The van der Waals surface area contributed by atoms with Crippen LogP contribution in [0.25, 0.3) is 0 Å². The maximum Gasteiger partial charge on any atom is 0.255 e. The van der Waals surface area contributed by atoms with Crippen LogP contribution < -0.4 is 19.5 Å². The fraction of sp³-hybridized carbons (Fsp3) is 0.435. The van der Waals surface area contributed by atoms with Gasteiger partial charge in [-0.25, -0.2) is 0 Å². The Labute approximate surface area is 173 Å². The van der Waals surface area contributed by atoms with Gasteiger partial charge < -0.3 is 24.3 Å². The highest BCUT2D eigenvalue weighted by atomic mass is 16.5. The minimum atomic E-state index is -0.200. The van der Waals surface area contributed by atoms with Gasteiger partial charge in [0.05, 0.1) is 25.9 Å². The third-order valence-electron chi connectivity index (χ3n) is 4.31. The molecule has 0 aliphatic rings. The van der Waals surface area contributed by atoms with Gasteiger partial charge in [-0.2, -0.15) is 0 Å². The van der Waals surface area contributed by atoms with Crippen LogP contribution in [0, 0.1) is 5.92 Å². The SMILES string of the molecule is COCCOc1ccccc1C(=O)NCc1ccc(OCCC(C)C)c(OC)c1. The molecule has 0 aliphatic carbocycles. The van der Waals surface area contributed by atoms with Crippen molar-refractivity contribution in [2.24, 2.45) is 5.92 Å². The van der Waals surface area contributed by atoms with Crippen molar-refractivity contribution in [3.8, 4) is 17.2 Å². The average Bonchev–Trinajstić information content (AvgIpc) is 2.73. The molecule has 0 radical (unpaired) electrons. The number of hydrogen-bond acceptors (Lipinski definition) is 5. The second-order valence-corrected chi connectivity index (χ2v) is 7.04. The Morgan fingerprint density at radius 3 is 2.41 bits per heavy atom. The summed E-state index contributed by atoms with van der Waals surface area (Å²) in [5.41, 5.74) is 1.41. The quantitative estimate of drug-likeness (QED) is 0.543. The molecule has 0 fully saturated rings. The molecule has 2 aromatic carbocycles. The number of hydrogen-bond donors (Lipinski definition) is 1. The number of methoxy groups -OCH3 is 2. The summed E-state index contributed by atoms with van der Waals surface area (Å²) in [5.74, 6) is 2.28. The lowest BCUT2D eigenvalue weighted by atomic mass is 10.1. The third-order valence-corrected chi connectivity index (χ3v) is 4.31. The van der Waals surface area contributed by atoms with E-state index in [9.17, 15) is 4.79 Å². The molecule has 29 heavy (non-hydrogen) atoms. The second-order valence-electron chi connectivity index (χ2n) is 7.04. The Morgan fingerprint density at radius 1 is 0.931 bits per heavy atom. The Balaban J connectivity index is 1.98. The van der Waals surface area contributed by atoms with Crippen molar-refractivity contribution in [1.82, 2.24) is 5.32 Å². The van der Waals surface area contributed by atoms with Crippen molar-refractivity contribution in [2.75, 3.05) is 34.0 Å². The Morgan fingerprint density at radius 2 is 1.69 bits per heavy atom. The Kier molecular flexibility index (Phi) is 9.31. The van der Waals surface area contributed by atoms with Crippen LogP contribution >= 0.6 is 0 Å². The van der Waals surface area contributed by atoms with E-state index in [0.29, 0.717) is 55.1 Å². The zero-order chi connectivity index (χ0) is 21.1. The first-order chi connectivity index (χ1) is 14.0. The number of rotatable bonds is 12. The van der Waals surface area contributed by atoms with E-state index < -0.39 is 0 Å². The lowest BCUT2D eigenvalue weighted by Gasteiger charge is -2.14. The predicted octanol–water partition coefficient (Wildman–Crippen LogP) is 4.08. The molecular formula is C23H31NO5. The molecule has 0 aliphatic heterocycles. The normalized spacial score (nSPS) is 10.7. The summed E-state index contributed by atoms with van der Waals surface area (Å²) >= 11 is 0. The van der Waals surface area contributed by atoms with Gasteiger partial charge in [0.1, 0.15) is 12.4 Å². The van der Waals surface area contributed by atoms with Gasteiger partial charge in [-0.3, -0.25) is 4.79 Å². The van der Waals surface area contributed by atoms with E-state index in [4.69, 9.17) is 18.9 Å². The molecule has 0 unspecified atom stereocenters. The topological polar surface area (TPSA) is 66.0 Å². The first kappa shape index (κ1) is 22.6. The van der Waals surface area contributed by atoms with Crippen molar-refractivity contribution >= 4 is 5.91 Å². The molecule has 1 N–H and O–H groups in total. The fourth-order valence-electron chi connectivity index (χ4n) is 2.64. The first-order valence-corrected chi connectivity index (χ1v) is 9.83. The zero-order valence-corrected chi connectivity index (χ0v) is 17.7. The monoisotopic (exact) mass is 401 g/mol. The summed E-state index contributed by atoms with van der Waals surface area (Å²) in [6.07, 6.45) is 0.979. The van der Waals surface area contributed by atoms with Gasteiger partial charge in [0.25, 0.3) is 5.91 Å². The maximum atomic E-state index is 12.6. The molecule has 0 aromatic heterocycles. The van der Waals surface area contributed by atoms with E-state index in [1.807, 2.05) is 30.3 Å². The van der Waals surface area contributed by atoms with Crippen LogP contribution in [0.2, 0.25) is 0 Å². The molecule has 2 rings (SSSR count). The predicted molar refractivity (Wildman–Crippen MR) is 113 cm³/mol. The molecule has 0 spiro atoms. The van der Waals surface area contributed by atoms with Crippen LogP contribution in [0.1, 0.15) is 36.2 Å². The molecule has 0 saturated heterocycles. The van der Waals surface area contributed by atoms with Crippen molar-refractivity contribution in [3.63, 3.8) is 0 Å². The summed E-state index contributed by atoms with van der Waals surface area (Å²) in [7, 11) is 3.22. The van der Waals surface area contributed by atoms with Crippen LogP contribution in [0.15, 0.2) is 42.5 Å². The van der Waals surface area contributed by atoms with Gasteiger partial charge in [0, 0.05) is 13.7 Å². The minimum Gasteiger partial charge on any atom is -0.493 e. The number of amides is 1. The minimum absolute atomic E-state index is 0.200. The smallest absolute Gasteiger partial charge is 0.255 e. The lowest BCUT2D eigenvalue weighted by molar-refractivity contribution is 0.0943. The van der Waals surface area contributed by atoms with Crippen molar-refractivity contribution in [1.29, 1.82) is 0 Å². The van der Waals surface area contributed by atoms with Gasteiger partial charge in [0.15, 0.2) is 11.5 Å². The van der Waals surface area contributed by atoms with E-state index in [0.717, 1.165) is 12.0 Å². The second kappa shape index (κ2) is 12.0. The summed E-state index contributed by atoms with van der Waals surface area (Å²) in [5, 5.41) is 2.93. The number of nitrogens with one attached hydrogen (secondary N) is 1. The van der Waals surface area contributed by atoms with Crippen LogP contribution in [0.3, 0.4) is 0 Å². The Hall–Kier alpha value is -2.73. The molecule has 0 heterocycles. The van der Waals surface area contributed by atoms with Crippen molar-refractivity contribution in [2.45, 2.75) is 26.8 Å². The van der Waals surface area contributed by atoms with Gasteiger partial charge >= 0.3 is 0 Å². The highest BCUT2D eigenvalue weighted by molar-refractivity contribution is 5.96. The van der Waals surface area contributed by atoms with E-state index in [-0.39, 0.29) is 5.91 Å². The van der Waals surface area contributed by atoms with Crippen LogP contribution in [-0.2, 0) is 11.3 Å². The number of carbonyl (C=O) groups is 1. The van der Waals surface area contributed by atoms with Gasteiger partial charge in [-0.05, 0) is 42.2 Å². The average molecular weight is 402 g/mol. The molecule has 2 aromatic rings. The van der Waals surface area contributed by atoms with Gasteiger partial charge in [0.2, 0.25) is 0 Å². The molecule has 1 amide bonds. The highest BCUT2D eigenvalue weighted by Gasteiger charge is 2.13. The number of benzene rings is 2. The highest BCUT2D eigenvalue weighted by Crippen LogP contribution is 2.28. The zero-order valence-electron chi connectivity index (χ0n) is 17.7. The van der Waals surface area contributed by atoms with E-state index >= 15 is 0 Å². The molecule has 6 heteroatoms. The van der Waals surface area contributed by atoms with Crippen LogP contribution in [0.4, 0.5) is 0 Å². The summed E-state index contributed by atoms with van der Waals surface area (Å²) in [6.45, 7) is 6.18. The molecule has 0 bridgehead atoms. The largest absolute Gasteiger partial charge is 0.493 e. The van der Waals surface area contributed by atoms with Gasteiger partial charge in [-0.1, -0.05) is 32.0 Å². The van der Waals surface area contributed by atoms with E-state index in [1.165, 1.54) is 0 Å². The molecule has 6 nitrogen and oxygen atoms in total. The molecule has 0 atom stereocenters. The third kappa shape index (κ3) is 7.31. The summed E-state index contributed by atoms with van der Waals surface area (Å²) in [6, 6.07) is 12.8. The van der Waals surface area contributed by atoms with E-state index in [2.05, 4.69) is 19.2 Å². The molecule has 0 saturated carbocycles. The summed E-state index contributed by atoms with van der Waals surface area (Å²) < 4.78 is 21.9. The number of para-hydroxylation sites is 1. The molecular weight excluding hydrogens is 370 g/mol. The first-order valence-electron chi connectivity index (χ1n) is 9.83. The molecule has 158 valence electrons. The van der Waals surface area contributed by atoms with Gasteiger partial charge in [-0.15, -0.1) is 0 Å². The van der Waals surface area contributed by atoms with Crippen LogP contribution in [0.5, 0.6) is 17.2 Å². The maximum absolute atomic E-state index is 12.6. The van der Waals surface area contributed by atoms with E-state index in [1.54, 1.807) is 26.4 Å². The number of ether oxygens (including phenoxy) is 4. The Bertz CT molecular complexity index is 776. The lowest BCUT2D eigenvalue weighted by Crippen LogP contribution is -2.23. The summed E-state index contributed by atoms with van der Waals surface area (Å²) in [4.78, 5) is 12.6. The number of carbonyl (C=O) groups excluding carboxylic acids is 1. The van der Waals surface area contributed by atoms with Crippen molar-refractivity contribution < 1.29 is 23.7 Å².